The zero-order chi connectivity index (χ0) is 12.4. The molecule has 1 amide bonds. The van der Waals surface area contributed by atoms with Gasteiger partial charge in [-0.2, -0.15) is 0 Å². The van der Waals surface area contributed by atoms with E-state index in [-0.39, 0.29) is 11.5 Å². The number of nitrogens with zero attached hydrogens (tertiary/aromatic N) is 2. The van der Waals surface area contributed by atoms with Gasteiger partial charge in [0.1, 0.15) is 5.82 Å². The summed E-state index contributed by atoms with van der Waals surface area (Å²) in [5.41, 5.74) is -0.355. The molecule has 5 nitrogen and oxygen atoms in total. The molecule has 6 heteroatoms. The molecule has 2 rings (SSSR count). The predicted octanol–water partition coefficient (Wildman–Crippen LogP) is 1.97. The molecule has 0 bridgehead atoms. The first-order valence-corrected chi connectivity index (χ1v) is 5.32. The Morgan fingerprint density at radius 1 is 1.29 bits per heavy atom. The Bertz CT molecular complexity index is 470. The van der Waals surface area contributed by atoms with Gasteiger partial charge in [-0.05, 0) is 18.9 Å². The topological polar surface area (TPSA) is 63.4 Å². The normalized spacial score (nSPS) is 15.0. The van der Waals surface area contributed by atoms with Crippen molar-refractivity contribution in [2.75, 3.05) is 13.1 Å². The van der Waals surface area contributed by atoms with Crippen molar-refractivity contribution >= 4 is 11.6 Å². The molecule has 0 atom stereocenters. The van der Waals surface area contributed by atoms with E-state index in [1.54, 1.807) is 4.90 Å². The van der Waals surface area contributed by atoms with Crippen molar-refractivity contribution in [3.8, 4) is 0 Å². The fourth-order valence-electron chi connectivity index (χ4n) is 1.91. The van der Waals surface area contributed by atoms with Gasteiger partial charge in [-0.1, -0.05) is 0 Å². The molecule has 1 fully saturated rings. The molecule has 0 aliphatic carbocycles. The number of hydrogen-bond donors (Lipinski definition) is 0. The number of carbonyl (C=O) groups is 1. The molecule has 0 N–H and O–H groups in total. The molecule has 1 aliphatic heterocycles. The highest BCUT2D eigenvalue weighted by molar-refractivity contribution is 5.95. The van der Waals surface area contributed by atoms with Gasteiger partial charge >= 0.3 is 0 Å². The highest BCUT2D eigenvalue weighted by Crippen LogP contribution is 2.19. The molecule has 1 aliphatic rings. The van der Waals surface area contributed by atoms with Gasteiger partial charge in [-0.3, -0.25) is 14.9 Å². The first-order chi connectivity index (χ1) is 8.08. The molecule has 1 aromatic carbocycles. The van der Waals surface area contributed by atoms with Gasteiger partial charge in [-0.25, -0.2) is 4.39 Å². The maximum absolute atomic E-state index is 13.2. The van der Waals surface area contributed by atoms with Crippen LogP contribution in [0.3, 0.4) is 0 Å². The summed E-state index contributed by atoms with van der Waals surface area (Å²) in [6, 6.07) is 2.96. The number of likely N-dealkylation sites (tertiary alicyclic amines) is 1. The summed E-state index contributed by atoms with van der Waals surface area (Å²) < 4.78 is 13.2. The third-order valence-corrected chi connectivity index (χ3v) is 2.73. The van der Waals surface area contributed by atoms with Gasteiger partial charge in [0, 0.05) is 24.7 Å². The molecule has 0 radical (unpaired) electrons. The van der Waals surface area contributed by atoms with Crippen molar-refractivity contribution in [3.05, 3.63) is 39.7 Å². The summed E-state index contributed by atoms with van der Waals surface area (Å²) in [7, 11) is 0. The maximum Gasteiger partial charge on any atom is 0.273 e. The van der Waals surface area contributed by atoms with Crippen LogP contribution in [0.1, 0.15) is 23.2 Å². The molecule has 1 heterocycles. The van der Waals surface area contributed by atoms with Crippen LogP contribution in [0.5, 0.6) is 0 Å². The fourth-order valence-corrected chi connectivity index (χ4v) is 1.91. The summed E-state index contributed by atoms with van der Waals surface area (Å²) in [5.74, 6) is -1.10. The number of rotatable bonds is 2. The lowest BCUT2D eigenvalue weighted by Crippen LogP contribution is -2.27. The number of nitro groups is 1. The van der Waals surface area contributed by atoms with Gasteiger partial charge in [0.15, 0.2) is 0 Å². The number of carbonyl (C=O) groups excluding carboxylic acids is 1. The Labute approximate surface area is 97.0 Å². The van der Waals surface area contributed by atoms with Crippen molar-refractivity contribution in [3.63, 3.8) is 0 Å². The van der Waals surface area contributed by atoms with Crippen LogP contribution < -0.4 is 0 Å². The van der Waals surface area contributed by atoms with Crippen LogP contribution in [0.2, 0.25) is 0 Å². The Hall–Kier alpha value is -1.98. The van der Waals surface area contributed by atoms with E-state index in [9.17, 15) is 19.3 Å². The average molecular weight is 238 g/mol. The summed E-state index contributed by atoms with van der Waals surface area (Å²) in [5, 5.41) is 10.6. The van der Waals surface area contributed by atoms with Crippen LogP contribution in [-0.4, -0.2) is 28.8 Å². The molecular weight excluding hydrogens is 227 g/mol. The highest BCUT2D eigenvalue weighted by Gasteiger charge is 2.22. The van der Waals surface area contributed by atoms with Crippen LogP contribution in [-0.2, 0) is 0 Å². The molecule has 1 aromatic rings. The molecule has 17 heavy (non-hydrogen) atoms. The average Bonchev–Trinajstić information content (AvgIpc) is 2.80. The monoisotopic (exact) mass is 238 g/mol. The van der Waals surface area contributed by atoms with Crippen LogP contribution in [0.4, 0.5) is 10.1 Å². The van der Waals surface area contributed by atoms with E-state index >= 15 is 0 Å². The van der Waals surface area contributed by atoms with E-state index in [2.05, 4.69) is 0 Å². The number of hydrogen-bond acceptors (Lipinski definition) is 3. The Kier molecular flexibility index (Phi) is 3.03. The van der Waals surface area contributed by atoms with Crippen LogP contribution >= 0.6 is 0 Å². The first-order valence-electron chi connectivity index (χ1n) is 5.32. The second kappa shape index (κ2) is 4.48. The third-order valence-electron chi connectivity index (χ3n) is 2.73. The van der Waals surface area contributed by atoms with E-state index < -0.39 is 16.4 Å². The van der Waals surface area contributed by atoms with Crippen LogP contribution in [0.25, 0.3) is 0 Å². The van der Waals surface area contributed by atoms with E-state index in [4.69, 9.17) is 0 Å². The summed E-state index contributed by atoms with van der Waals surface area (Å²) >= 11 is 0. The lowest BCUT2D eigenvalue weighted by Gasteiger charge is -2.14. The smallest absolute Gasteiger partial charge is 0.273 e. The summed E-state index contributed by atoms with van der Waals surface area (Å²) in [6.07, 6.45) is 1.84. The summed E-state index contributed by atoms with van der Waals surface area (Å²) in [6.45, 7) is 1.26. The lowest BCUT2D eigenvalue weighted by atomic mass is 10.1. The van der Waals surface area contributed by atoms with Gasteiger partial charge in [0.25, 0.3) is 11.6 Å². The Morgan fingerprint density at radius 3 is 2.53 bits per heavy atom. The zero-order valence-electron chi connectivity index (χ0n) is 9.06. The van der Waals surface area contributed by atoms with Gasteiger partial charge in [-0.15, -0.1) is 0 Å². The van der Waals surface area contributed by atoms with Crippen LogP contribution in [0.15, 0.2) is 18.2 Å². The fraction of sp³-hybridized carbons (Fsp3) is 0.364. The van der Waals surface area contributed by atoms with E-state index in [0.29, 0.717) is 13.1 Å². The van der Waals surface area contributed by atoms with E-state index in [0.717, 1.165) is 31.0 Å². The quantitative estimate of drug-likeness (QED) is 0.584. The third kappa shape index (κ3) is 2.41. The van der Waals surface area contributed by atoms with Crippen molar-refractivity contribution in [2.24, 2.45) is 0 Å². The highest BCUT2D eigenvalue weighted by atomic mass is 19.1. The number of halogens is 1. The summed E-state index contributed by atoms with van der Waals surface area (Å²) in [4.78, 5) is 23.4. The largest absolute Gasteiger partial charge is 0.339 e. The Morgan fingerprint density at radius 2 is 1.94 bits per heavy atom. The van der Waals surface area contributed by atoms with Gasteiger partial charge in [0.05, 0.1) is 11.0 Å². The van der Waals surface area contributed by atoms with Crippen LogP contribution in [0, 0.1) is 15.9 Å². The van der Waals surface area contributed by atoms with Crippen molar-refractivity contribution < 1.29 is 14.1 Å². The van der Waals surface area contributed by atoms with Crippen molar-refractivity contribution in [1.82, 2.24) is 4.90 Å². The SMILES string of the molecule is O=C(c1cc(F)cc([N+](=O)[O-])c1)N1CCCC1. The maximum atomic E-state index is 13.2. The zero-order valence-corrected chi connectivity index (χ0v) is 9.06. The van der Waals surface area contributed by atoms with E-state index in [1.807, 2.05) is 0 Å². The van der Waals surface area contributed by atoms with Crippen molar-refractivity contribution in [2.45, 2.75) is 12.8 Å². The molecule has 0 spiro atoms. The molecule has 90 valence electrons. The molecule has 0 saturated carbocycles. The standard InChI is InChI=1S/C11H11FN2O3/c12-9-5-8(6-10(7-9)14(16)17)11(15)13-3-1-2-4-13/h5-7H,1-4H2. The van der Waals surface area contributed by atoms with Gasteiger partial charge < -0.3 is 4.90 Å². The molecule has 1 saturated heterocycles. The number of nitro benzene ring substituents is 1. The van der Waals surface area contributed by atoms with E-state index in [1.165, 1.54) is 0 Å². The molecule has 0 unspecified atom stereocenters. The number of amides is 1. The second-order valence-corrected chi connectivity index (χ2v) is 3.95. The number of benzene rings is 1. The second-order valence-electron chi connectivity index (χ2n) is 3.95. The molecular formula is C11H11FN2O3. The predicted molar refractivity (Wildman–Crippen MR) is 58.2 cm³/mol. The lowest BCUT2D eigenvalue weighted by molar-refractivity contribution is -0.385. The molecule has 0 aromatic heterocycles. The van der Waals surface area contributed by atoms with Crippen molar-refractivity contribution in [1.29, 1.82) is 0 Å². The minimum absolute atomic E-state index is 0.0404. The first kappa shape index (κ1) is 11.5. The minimum Gasteiger partial charge on any atom is -0.339 e. The Balaban J connectivity index is 2.31. The minimum atomic E-state index is -0.762. The van der Waals surface area contributed by atoms with Gasteiger partial charge in [0.2, 0.25) is 0 Å². The number of non-ortho nitro benzene ring substituents is 1.